The van der Waals surface area contributed by atoms with Crippen LogP contribution in [-0.2, 0) is 14.8 Å². The summed E-state index contributed by atoms with van der Waals surface area (Å²) in [6.45, 7) is 3.79. The van der Waals surface area contributed by atoms with Crippen molar-refractivity contribution in [2.24, 2.45) is 0 Å². The van der Waals surface area contributed by atoms with Gasteiger partial charge < -0.3 is 4.74 Å². The number of rotatable bonds is 4. The zero-order valence-corrected chi connectivity index (χ0v) is 14.5. The Morgan fingerprint density at radius 2 is 1.38 bits per heavy atom. The summed E-state index contributed by atoms with van der Waals surface area (Å²) in [6.07, 6.45) is 4.00. The van der Waals surface area contributed by atoms with Crippen molar-refractivity contribution >= 4 is 22.2 Å². The lowest BCUT2D eigenvalue weighted by Gasteiger charge is -2.26. The lowest BCUT2D eigenvalue weighted by Crippen LogP contribution is -2.40. The Kier molecular flexibility index (Phi) is 5.14. The van der Waals surface area contributed by atoms with Crippen LogP contribution in [0.5, 0.6) is 0 Å². The Balaban J connectivity index is 1.74. The van der Waals surface area contributed by atoms with E-state index >= 15 is 0 Å². The highest BCUT2D eigenvalue weighted by atomic mass is 32.2. The molecular weight excluding hydrogens is 322 g/mol. The van der Waals surface area contributed by atoms with Gasteiger partial charge in [-0.05, 0) is 30.2 Å². The van der Waals surface area contributed by atoms with Crippen LogP contribution < -0.4 is 0 Å². The van der Waals surface area contributed by atoms with Crippen molar-refractivity contribution < 1.29 is 13.2 Å². The average Bonchev–Trinajstić information content (AvgIpc) is 2.62. The number of benzene rings is 2. The smallest absolute Gasteiger partial charge is 0.243 e. The predicted octanol–water partition coefficient (Wildman–Crippen LogP) is 3.19. The van der Waals surface area contributed by atoms with Gasteiger partial charge in [0.25, 0.3) is 0 Å². The van der Waals surface area contributed by atoms with Gasteiger partial charge in [-0.2, -0.15) is 4.31 Å². The molecular formula is C19H21NO3S. The number of hydrogen-bond donors (Lipinski definition) is 0. The van der Waals surface area contributed by atoms with Gasteiger partial charge in [0.05, 0.1) is 18.1 Å². The van der Waals surface area contributed by atoms with Crippen molar-refractivity contribution in [1.82, 2.24) is 4.31 Å². The molecule has 1 saturated heterocycles. The Labute approximate surface area is 143 Å². The van der Waals surface area contributed by atoms with Crippen LogP contribution in [-0.4, -0.2) is 39.0 Å². The second-order valence-corrected chi connectivity index (χ2v) is 7.77. The van der Waals surface area contributed by atoms with Crippen LogP contribution in [0.1, 0.15) is 16.7 Å². The van der Waals surface area contributed by atoms with Gasteiger partial charge >= 0.3 is 0 Å². The molecule has 1 heterocycles. The first-order valence-corrected chi connectivity index (χ1v) is 9.42. The zero-order chi connectivity index (χ0) is 17.0. The quantitative estimate of drug-likeness (QED) is 0.801. The van der Waals surface area contributed by atoms with Crippen molar-refractivity contribution in [3.05, 3.63) is 65.2 Å². The van der Waals surface area contributed by atoms with Gasteiger partial charge in [-0.3, -0.25) is 0 Å². The lowest BCUT2D eigenvalue weighted by atomic mass is 10.1. The number of nitrogens with zero attached hydrogens (tertiary/aromatic N) is 1. The van der Waals surface area contributed by atoms with E-state index in [1.165, 1.54) is 9.87 Å². The summed E-state index contributed by atoms with van der Waals surface area (Å²) < 4.78 is 31.8. The van der Waals surface area contributed by atoms with Crippen molar-refractivity contribution in [2.75, 3.05) is 26.3 Å². The van der Waals surface area contributed by atoms with E-state index in [4.69, 9.17) is 4.74 Å². The number of hydrogen-bond acceptors (Lipinski definition) is 3. The van der Waals surface area contributed by atoms with E-state index in [9.17, 15) is 8.42 Å². The second kappa shape index (κ2) is 7.30. The van der Waals surface area contributed by atoms with Crippen molar-refractivity contribution in [3.8, 4) is 0 Å². The molecule has 0 spiro atoms. The molecule has 2 aromatic rings. The molecule has 0 aromatic heterocycles. The maximum absolute atomic E-state index is 12.6. The summed E-state index contributed by atoms with van der Waals surface area (Å²) in [5.74, 6) is 0. The highest BCUT2D eigenvalue weighted by Crippen LogP contribution is 2.18. The van der Waals surface area contributed by atoms with E-state index in [1.807, 2.05) is 24.3 Å². The van der Waals surface area contributed by atoms with Crippen LogP contribution in [0.4, 0.5) is 0 Å². The fourth-order valence-electron chi connectivity index (χ4n) is 2.56. The van der Waals surface area contributed by atoms with Crippen LogP contribution in [0.15, 0.2) is 53.4 Å². The molecule has 0 radical (unpaired) electrons. The van der Waals surface area contributed by atoms with Crippen molar-refractivity contribution in [1.29, 1.82) is 0 Å². The fraction of sp³-hybridized carbons (Fsp3) is 0.263. The molecule has 1 fully saturated rings. The molecule has 1 aliphatic heterocycles. The topological polar surface area (TPSA) is 46.6 Å². The number of sulfonamides is 1. The average molecular weight is 343 g/mol. The third-order valence-electron chi connectivity index (χ3n) is 4.03. The van der Waals surface area contributed by atoms with Gasteiger partial charge in [0.1, 0.15) is 0 Å². The van der Waals surface area contributed by atoms with Crippen LogP contribution in [0.25, 0.3) is 12.2 Å². The van der Waals surface area contributed by atoms with E-state index < -0.39 is 10.0 Å². The summed E-state index contributed by atoms with van der Waals surface area (Å²) in [5, 5.41) is 0. The molecule has 0 N–H and O–H groups in total. The predicted molar refractivity (Wildman–Crippen MR) is 96.1 cm³/mol. The van der Waals surface area contributed by atoms with E-state index in [-0.39, 0.29) is 0 Å². The first kappa shape index (κ1) is 16.9. The van der Waals surface area contributed by atoms with Crippen molar-refractivity contribution in [2.45, 2.75) is 11.8 Å². The molecule has 1 aliphatic rings. The highest BCUT2D eigenvalue weighted by Gasteiger charge is 2.25. The fourth-order valence-corrected chi connectivity index (χ4v) is 3.96. The van der Waals surface area contributed by atoms with E-state index in [1.54, 1.807) is 12.1 Å². The van der Waals surface area contributed by atoms with E-state index in [0.29, 0.717) is 31.2 Å². The SMILES string of the molecule is Cc1ccc(/C=C/c2ccc(S(=O)(=O)N3CCOCC3)cc2)cc1. The van der Waals surface area contributed by atoms with Crippen molar-refractivity contribution in [3.63, 3.8) is 0 Å². The first-order valence-electron chi connectivity index (χ1n) is 7.98. The maximum atomic E-state index is 12.6. The largest absolute Gasteiger partial charge is 0.379 e. The molecule has 24 heavy (non-hydrogen) atoms. The third kappa shape index (κ3) is 3.93. The van der Waals surface area contributed by atoms with Gasteiger partial charge in [-0.15, -0.1) is 0 Å². The summed E-state index contributed by atoms with van der Waals surface area (Å²) in [6, 6.07) is 15.2. The number of morpholine rings is 1. The number of ether oxygens (including phenoxy) is 1. The van der Waals surface area contributed by atoms with Gasteiger partial charge in [-0.25, -0.2) is 8.42 Å². The maximum Gasteiger partial charge on any atom is 0.243 e. The van der Waals surface area contributed by atoms with Gasteiger partial charge in [0.2, 0.25) is 10.0 Å². The van der Waals surface area contributed by atoms with Crippen LogP contribution in [0.3, 0.4) is 0 Å². The molecule has 3 rings (SSSR count). The third-order valence-corrected chi connectivity index (χ3v) is 5.95. The standard InChI is InChI=1S/C19H21NO3S/c1-16-2-4-17(5-3-16)6-7-18-8-10-19(11-9-18)24(21,22)20-12-14-23-15-13-20/h2-11H,12-15H2,1H3/b7-6+. The summed E-state index contributed by atoms with van der Waals surface area (Å²) >= 11 is 0. The summed E-state index contributed by atoms with van der Waals surface area (Å²) in [4.78, 5) is 0.330. The summed E-state index contributed by atoms with van der Waals surface area (Å²) in [5.41, 5.74) is 3.31. The minimum absolute atomic E-state index is 0.330. The minimum Gasteiger partial charge on any atom is -0.379 e. The molecule has 0 amide bonds. The van der Waals surface area contributed by atoms with E-state index in [2.05, 4.69) is 31.2 Å². The van der Waals surface area contributed by atoms with Crippen LogP contribution in [0, 0.1) is 6.92 Å². The minimum atomic E-state index is -3.42. The highest BCUT2D eigenvalue weighted by molar-refractivity contribution is 7.89. The van der Waals surface area contributed by atoms with E-state index in [0.717, 1.165) is 11.1 Å². The lowest BCUT2D eigenvalue weighted by molar-refractivity contribution is 0.0730. The summed E-state index contributed by atoms with van der Waals surface area (Å²) in [7, 11) is -3.42. The monoisotopic (exact) mass is 343 g/mol. The zero-order valence-electron chi connectivity index (χ0n) is 13.7. The molecule has 0 saturated carbocycles. The Morgan fingerprint density at radius 3 is 1.92 bits per heavy atom. The molecule has 0 unspecified atom stereocenters. The molecule has 2 aromatic carbocycles. The molecule has 4 nitrogen and oxygen atoms in total. The second-order valence-electron chi connectivity index (χ2n) is 5.83. The van der Waals surface area contributed by atoms with Gasteiger partial charge in [0.15, 0.2) is 0 Å². The Bertz CT molecular complexity index is 803. The number of aryl methyl sites for hydroxylation is 1. The van der Waals surface area contributed by atoms with Gasteiger partial charge in [-0.1, -0.05) is 54.1 Å². The van der Waals surface area contributed by atoms with Crippen LogP contribution >= 0.6 is 0 Å². The first-order chi connectivity index (χ1) is 11.6. The normalized spacial score (nSPS) is 16.5. The Hall–Kier alpha value is -1.95. The molecule has 5 heteroatoms. The molecule has 0 bridgehead atoms. The molecule has 126 valence electrons. The Morgan fingerprint density at radius 1 is 0.875 bits per heavy atom. The molecule has 0 aliphatic carbocycles. The molecule has 0 atom stereocenters. The van der Waals surface area contributed by atoms with Gasteiger partial charge in [0, 0.05) is 13.1 Å². The van der Waals surface area contributed by atoms with Crippen LogP contribution in [0.2, 0.25) is 0 Å².